The molecule has 2 unspecified atom stereocenters. The van der Waals surface area contributed by atoms with E-state index in [9.17, 15) is 0 Å². The molecule has 1 aromatic rings. The number of nitrogens with one attached hydrogen (secondary N) is 1. The van der Waals surface area contributed by atoms with Crippen molar-refractivity contribution in [3.05, 3.63) is 35.9 Å². The third-order valence-electron chi connectivity index (χ3n) is 2.89. The minimum absolute atomic E-state index is 0.266. The van der Waals surface area contributed by atoms with Gasteiger partial charge in [0.2, 0.25) is 0 Å². The summed E-state index contributed by atoms with van der Waals surface area (Å²) in [5.74, 6) is 0.903. The zero-order valence-corrected chi connectivity index (χ0v) is 11.6. The summed E-state index contributed by atoms with van der Waals surface area (Å²) in [5, 5.41) is 8.36. The van der Waals surface area contributed by atoms with E-state index < -0.39 is 0 Å². The predicted octanol–water partition coefficient (Wildman–Crippen LogP) is 3.83. The Labute approximate surface area is 108 Å². The Bertz CT molecular complexity index is 348. The van der Waals surface area contributed by atoms with Crippen LogP contribution in [0, 0.1) is 11.3 Å². The van der Waals surface area contributed by atoms with Gasteiger partial charge in [-0.2, -0.15) is 0 Å². The first-order valence-corrected chi connectivity index (χ1v) is 6.98. The summed E-state index contributed by atoms with van der Waals surface area (Å²) in [6.45, 7) is 6.70. The number of hydrogen-bond donors (Lipinski definition) is 2. The first kappa shape index (κ1) is 14.1. The molecule has 0 spiro atoms. The fourth-order valence-electron chi connectivity index (χ4n) is 1.53. The molecule has 0 radical (unpaired) electrons. The third-order valence-corrected chi connectivity index (χ3v) is 4.64. The van der Waals surface area contributed by atoms with E-state index in [2.05, 4.69) is 32.9 Å². The van der Waals surface area contributed by atoms with E-state index in [1.54, 1.807) is 0 Å². The summed E-state index contributed by atoms with van der Waals surface area (Å²) in [5.41, 5.74) is 6.82. The first-order chi connectivity index (χ1) is 8.00. The van der Waals surface area contributed by atoms with Crippen molar-refractivity contribution in [1.82, 2.24) is 0 Å². The lowest BCUT2D eigenvalue weighted by atomic mass is 10.1. The van der Waals surface area contributed by atoms with Crippen LogP contribution in [0.4, 0.5) is 0 Å². The van der Waals surface area contributed by atoms with E-state index in [0.29, 0.717) is 22.8 Å². The first-order valence-electron chi connectivity index (χ1n) is 6.04. The van der Waals surface area contributed by atoms with Crippen molar-refractivity contribution in [3.8, 4) is 0 Å². The number of nitrogens with two attached hydrogens (primary N) is 1. The van der Waals surface area contributed by atoms with Crippen molar-refractivity contribution >= 4 is 17.6 Å². The minimum atomic E-state index is 0.266. The lowest BCUT2D eigenvalue weighted by molar-refractivity contribution is 0.639. The molecule has 0 saturated carbocycles. The van der Waals surface area contributed by atoms with Crippen LogP contribution in [0.5, 0.6) is 0 Å². The average Bonchev–Trinajstić information content (AvgIpc) is 2.28. The number of thioether (sulfide) groups is 1. The van der Waals surface area contributed by atoms with E-state index in [0.717, 1.165) is 0 Å². The highest BCUT2D eigenvalue weighted by Gasteiger charge is 2.18. The predicted molar refractivity (Wildman–Crippen MR) is 77.6 cm³/mol. The van der Waals surface area contributed by atoms with Gasteiger partial charge < -0.3 is 5.73 Å². The molecule has 17 heavy (non-hydrogen) atoms. The summed E-state index contributed by atoms with van der Waals surface area (Å²) in [7, 11) is 0. The number of benzene rings is 1. The molecular formula is C14H22N2S. The largest absolute Gasteiger partial charge is 0.388 e. The smallest absolute Gasteiger partial charge is 0.0919 e. The van der Waals surface area contributed by atoms with Gasteiger partial charge in [0.1, 0.15) is 0 Å². The van der Waals surface area contributed by atoms with Crippen LogP contribution >= 0.6 is 11.8 Å². The molecule has 3 N–H and O–H groups in total. The zero-order valence-electron chi connectivity index (χ0n) is 10.8. The maximum Gasteiger partial charge on any atom is 0.0919 e. The monoisotopic (exact) mass is 250 g/mol. The summed E-state index contributed by atoms with van der Waals surface area (Å²) >= 11 is 1.91. The summed E-state index contributed by atoms with van der Waals surface area (Å²) < 4.78 is 0. The molecule has 0 bridgehead atoms. The van der Waals surface area contributed by atoms with Crippen molar-refractivity contribution in [3.63, 3.8) is 0 Å². The van der Waals surface area contributed by atoms with Crippen molar-refractivity contribution in [2.45, 2.75) is 37.7 Å². The van der Waals surface area contributed by atoms with Crippen LogP contribution in [0.1, 0.15) is 38.0 Å². The Kier molecular flexibility index (Phi) is 5.56. The summed E-state index contributed by atoms with van der Waals surface area (Å²) in [6, 6.07) is 10.3. The zero-order chi connectivity index (χ0) is 12.8. The Morgan fingerprint density at radius 2 is 1.82 bits per heavy atom. The summed E-state index contributed by atoms with van der Waals surface area (Å²) in [4.78, 5) is 0. The molecular weight excluding hydrogens is 228 g/mol. The van der Waals surface area contributed by atoms with Crippen LogP contribution < -0.4 is 5.73 Å². The second kappa shape index (κ2) is 6.70. The SMILES string of the molecule is CC(C)C(C)SC(CC(=N)N)c1ccccc1. The van der Waals surface area contributed by atoms with Gasteiger partial charge in [-0.1, -0.05) is 51.1 Å². The van der Waals surface area contributed by atoms with Gasteiger partial charge in [-0.15, -0.1) is 11.8 Å². The molecule has 0 aliphatic rings. The molecule has 0 fully saturated rings. The molecule has 94 valence electrons. The Morgan fingerprint density at radius 3 is 2.29 bits per heavy atom. The van der Waals surface area contributed by atoms with Gasteiger partial charge in [-0.3, -0.25) is 5.41 Å². The van der Waals surface area contributed by atoms with Crippen LogP contribution in [0.2, 0.25) is 0 Å². The standard InChI is InChI=1S/C14H22N2S/c1-10(2)11(3)17-13(9-14(15)16)12-7-5-4-6-8-12/h4-8,10-11,13H,9H2,1-3H3,(H3,15,16). The topological polar surface area (TPSA) is 49.9 Å². The molecule has 3 heteroatoms. The molecule has 0 aromatic heterocycles. The highest BCUT2D eigenvalue weighted by Crippen LogP contribution is 2.37. The van der Waals surface area contributed by atoms with E-state index >= 15 is 0 Å². The minimum Gasteiger partial charge on any atom is -0.388 e. The van der Waals surface area contributed by atoms with Gasteiger partial charge >= 0.3 is 0 Å². The van der Waals surface area contributed by atoms with Gasteiger partial charge in [0.25, 0.3) is 0 Å². The molecule has 0 aliphatic carbocycles. The average molecular weight is 250 g/mol. The van der Waals surface area contributed by atoms with Gasteiger partial charge in [-0.25, -0.2) is 0 Å². The third kappa shape index (κ3) is 4.82. The molecule has 0 aliphatic heterocycles. The number of amidine groups is 1. The van der Waals surface area contributed by atoms with Crippen LogP contribution in [-0.4, -0.2) is 11.1 Å². The van der Waals surface area contributed by atoms with E-state index in [1.165, 1.54) is 5.56 Å². The van der Waals surface area contributed by atoms with Crippen LogP contribution in [0.25, 0.3) is 0 Å². The molecule has 2 atom stereocenters. The van der Waals surface area contributed by atoms with Crippen molar-refractivity contribution < 1.29 is 0 Å². The van der Waals surface area contributed by atoms with Gasteiger partial charge in [0.15, 0.2) is 0 Å². The fourth-order valence-corrected chi connectivity index (χ4v) is 2.95. The molecule has 0 saturated heterocycles. The molecule has 1 rings (SSSR count). The highest BCUT2D eigenvalue weighted by molar-refractivity contribution is 8.00. The van der Waals surface area contributed by atoms with Gasteiger partial charge in [0.05, 0.1) is 5.84 Å². The number of rotatable bonds is 6. The molecule has 0 amide bonds. The van der Waals surface area contributed by atoms with Crippen LogP contribution in [-0.2, 0) is 0 Å². The molecule has 2 nitrogen and oxygen atoms in total. The maximum atomic E-state index is 7.49. The second-order valence-electron chi connectivity index (χ2n) is 4.71. The van der Waals surface area contributed by atoms with Crippen LogP contribution in [0.3, 0.4) is 0 Å². The van der Waals surface area contributed by atoms with Crippen molar-refractivity contribution in [2.24, 2.45) is 11.7 Å². The van der Waals surface area contributed by atoms with Gasteiger partial charge in [0, 0.05) is 16.9 Å². The van der Waals surface area contributed by atoms with E-state index in [1.807, 2.05) is 30.0 Å². The van der Waals surface area contributed by atoms with E-state index in [4.69, 9.17) is 11.1 Å². The Morgan fingerprint density at radius 1 is 1.24 bits per heavy atom. The quantitative estimate of drug-likeness (QED) is 0.595. The second-order valence-corrected chi connectivity index (χ2v) is 6.30. The fraction of sp³-hybridized carbons (Fsp3) is 0.500. The molecule has 0 heterocycles. The maximum absolute atomic E-state index is 7.49. The van der Waals surface area contributed by atoms with E-state index in [-0.39, 0.29) is 5.84 Å². The summed E-state index contributed by atoms with van der Waals surface area (Å²) in [6.07, 6.45) is 0.631. The number of hydrogen-bond acceptors (Lipinski definition) is 2. The van der Waals surface area contributed by atoms with Gasteiger partial charge in [-0.05, 0) is 11.5 Å². The Hall–Kier alpha value is -0.960. The lowest BCUT2D eigenvalue weighted by Gasteiger charge is -2.23. The van der Waals surface area contributed by atoms with Crippen LogP contribution in [0.15, 0.2) is 30.3 Å². The lowest BCUT2D eigenvalue weighted by Crippen LogP contribution is -2.16. The van der Waals surface area contributed by atoms with Crippen molar-refractivity contribution in [2.75, 3.05) is 0 Å². The van der Waals surface area contributed by atoms with Crippen molar-refractivity contribution in [1.29, 1.82) is 5.41 Å². The highest BCUT2D eigenvalue weighted by atomic mass is 32.2. The molecule has 1 aromatic carbocycles. The Balaban J connectivity index is 2.77. The normalized spacial score (nSPS) is 14.6.